The van der Waals surface area contributed by atoms with Crippen LogP contribution in [0.1, 0.15) is 24.5 Å². The van der Waals surface area contributed by atoms with Crippen LogP contribution in [0.3, 0.4) is 0 Å². The second-order valence-electron chi connectivity index (χ2n) is 4.20. The van der Waals surface area contributed by atoms with Gasteiger partial charge in [0.25, 0.3) is 0 Å². The zero-order valence-corrected chi connectivity index (χ0v) is 10.6. The zero-order valence-electron chi connectivity index (χ0n) is 10.6. The molecule has 1 aromatic rings. The average Bonchev–Trinajstić information content (AvgIpc) is 2.36. The SMILES string of the molecule is CCc1ccc(CC(=O)C(N)CCOC)cc1. The Morgan fingerprint density at radius 3 is 2.41 bits per heavy atom. The molecular weight excluding hydrogens is 214 g/mol. The van der Waals surface area contributed by atoms with Crippen molar-refractivity contribution in [3.8, 4) is 0 Å². The summed E-state index contributed by atoms with van der Waals surface area (Å²) in [4.78, 5) is 11.8. The lowest BCUT2D eigenvalue weighted by Crippen LogP contribution is -2.32. The third kappa shape index (κ3) is 4.67. The molecule has 0 aliphatic carbocycles. The van der Waals surface area contributed by atoms with Crippen molar-refractivity contribution in [2.45, 2.75) is 32.2 Å². The predicted molar refractivity (Wildman–Crippen MR) is 69.0 cm³/mol. The van der Waals surface area contributed by atoms with Crippen LogP contribution in [0.5, 0.6) is 0 Å². The molecule has 1 aromatic carbocycles. The lowest BCUT2D eigenvalue weighted by Gasteiger charge is -2.10. The van der Waals surface area contributed by atoms with E-state index in [1.165, 1.54) is 5.56 Å². The summed E-state index contributed by atoms with van der Waals surface area (Å²) >= 11 is 0. The predicted octanol–water partition coefficient (Wildman–Crippen LogP) is 1.72. The van der Waals surface area contributed by atoms with Gasteiger partial charge in [-0.2, -0.15) is 0 Å². The van der Waals surface area contributed by atoms with Crippen molar-refractivity contribution >= 4 is 5.78 Å². The van der Waals surface area contributed by atoms with Crippen LogP contribution in [0.4, 0.5) is 0 Å². The van der Waals surface area contributed by atoms with E-state index in [4.69, 9.17) is 10.5 Å². The molecule has 0 spiro atoms. The Morgan fingerprint density at radius 1 is 1.29 bits per heavy atom. The largest absolute Gasteiger partial charge is 0.385 e. The summed E-state index contributed by atoms with van der Waals surface area (Å²) in [5.74, 6) is 0.0753. The van der Waals surface area contributed by atoms with E-state index >= 15 is 0 Å². The highest BCUT2D eigenvalue weighted by molar-refractivity contribution is 5.85. The molecule has 3 heteroatoms. The fourth-order valence-electron chi connectivity index (χ4n) is 1.63. The second kappa shape index (κ2) is 7.20. The van der Waals surface area contributed by atoms with Crippen molar-refractivity contribution in [1.29, 1.82) is 0 Å². The Bertz CT molecular complexity index is 346. The van der Waals surface area contributed by atoms with E-state index in [1.807, 2.05) is 12.1 Å². The van der Waals surface area contributed by atoms with E-state index in [0.29, 0.717) is 19.4 Å². The summed E-state index contributed by atoms with van der Waals surface area (Å²) in [7, 11) is 1.61. The number of hydrogen-bond donors (Lipinski definition) is 1. The Labute approximate surface area is 103 Å². The van der Waals surface area contributed by atoms with Crippen molar-refractivity contribution in [2.75, 3.05) is 13.7 Å². The summed E-state index contributed by atoms with van der Waals surface area (Å²) in [6, 6.07) is 7.70. The number of nitrogens with two attached hydrogens (primary N) is 1. The summed E-state index contributed by atoms with van der Waals surface area (Å²) < 4.78 is 4.91. The van der Waals surface area contributed by atoms with Crippen LogP contribution >= 0.6 is 0 Å². The molecule has 0 radical (unpaired) electrons. The maximum absolute atomic E-state index is 11.8. The van der Waals surface area contributed by atoms with Crippen molar-refractivity contribution < 1.29 is 9.53 Å². The molecule has 0 saturated heterocycles. The highest BCUT2D eigenvalue weighted by Crippen LogP contribution is 2.07. The van der Waals surface area contributed by atoms with Gasteiger partial charge in [-0.25, -0.2) is 0 Å². The van der Waals surface area contributed by atoms with Crippen molar-refractivity contribution in [3.05, 3.63) is 35.4 Å². The fourth-order valence-corrected chi connectivity index (χ4v) is 1.63. The smallest absolute Gasteiger partial charge is 0.153 e. The third-order valence-corrected chi connectivity index (χ3v) is 2.86. The van der Waals surface area contributed by atoms with E-state index < -0.39 is 6.04 Å². The molecule has 0 aliphatic rings. The molecule has 0 aliphatic heterocycles. The molecule has 3 nitrogen and oxygen atoms in total. The van der Waals surface area contributed by atoms with E-state index in [1.54, 1.807) is 7.11 Å². The first-order valence-corrected chi connectivity index (χ1v) is 6.02. The van der Waals surface area contributed by atoms with E-state index in [2.05, 4.69) is 19.1 Å². The maximum Gasteiger partial charge on any atom is 0.153 e. The topological polar surface area (TPSA) is 52.3 Å². The van der Waals surface area contributed by atoms with Gasteiger partial charge in [-0.05, 0) is 24.0 Å². The van der Waals surface area contributed by atoms with Crippen LogP contribution in [0, 0.1) is 0 Å². The van der Waals surface area contributed by atoms with Gasteiger partial charge < -0.3 is 10.5 Å². The first-order valence-electron chi connectivity index (χ1n) is 6.02. The highest BCUT2D eigenvalue weighted by atomic mass is 16.5. The van der Waals surface area contributed by atoms with Gasteiger partial charge in [0, 0.05) is 20.1 Å². The molecule has 0 saturated carbocycles. The zero-order chi connectivity index (χ0) is 12.7. The molecule has 0 aromatic heterocycles. The maximum atomic E-state index is 11.8. The molecular formula is C14H21NO2. The fraction of sp³-hybridized carbons (Fsp3) is 0.500. The number of methoxy groups -OCH3 is 1. The quantitative estimate of drug-likeness (QED) is 0.783. The number of ether oxygens (including phenoxy) is 1. The molecule has 0 heterocycles. The second-order valence-corrected chi connectivity index (χ2v) is 4.20. The number of rotatable bonds is 7. The van der Waals surface area contributed by atoms with Crippen molar-refractivity contribution in [3.63, 3.8) is 0 Å². The molecule has 94 valence electrons. The van der Waals surface area contributed by atoms with Gasteiger partial charge in [0.2, 0.25) is 0 Å². The molecule has 0 bridgehead atoms. The van der Waals surface area contributed by atoms with Gasteiger partial charge >= 0.3 is 0 Å². The van der Waals surface area contributed by atoms with E-state index in [0.717, 1.165) is 12.0 Å². The first kappa shape index (κ1) is 13.9. The van der Waals surface area contributed by atoms with Crippen LogP contribution < -0.4 is 5.73 Å². The number of carbonyl (C=O) groups is 1. The van der Waals surface area contributed by atoms with Gasteiger partial charge in [-0.3, -0.25) is 4.79 Å². The summed E-state index contributed by atoms with van der Waals surface area (Å²) in [6.45, 7) is 2.64. The van der Waals surface area contributed by atoms with Crippen LogP contribution in [-0.2, 0) is 22.4 Å². The normalized spacial score (nSPS) is 12.4. The Hall–Kier alpha value is -1.19. The van der Waals surface area contributed by atoms with Gasteiger partial charge in [-0.15, -0.1) is 0 Å². The van der Waals surface area contributed by atoms with Crippen molar-refractivity contribution in [2.24, 2.45) is 5.73 Å². The van der Waals surface area contributed by atoms with E-state index in [-0.39, 0.29) is 5.78 Å². The molecule has 0 amide bonds. The molecule has 0 fully saturated rings. The third-order valence-electron chi connectivity index (χ3n) is 2.86. The minimum absolute atomic E-state index is 0.0753. The van der Waals surface area contributed by atoms with Crippen LogP contribution in [0.2, 0.25) is 0 Å². The van der Waals surface area contributed by atoms with Crippen LogP contribution in [0.15, 0.2) is 24.3 Å². The monoisotopic (exact) mass is 235 g/mol. The van der Waals surface area contributed by atoms with Gasteiger partial charge in [0.05, 0.1) is 6.04 Å². The number of aryl methyl sites for hydroxylation is 1. The van der Waals surface area contributed by atoms with Gasteiger partial charge in [0.1, 0.15) is 0 Å². The summed E-state index contributed by atoms with van der Waals surface area (Å²) in [6.07, 6.45) is 2.01. The minimum Gasteiger partial charge on any atom is -0.385 e. The Morgan fingerprint density at radius 2 is 1.88 bits per heavy atom. The summed E-state index contributed by atoms with van der Waals surface area (Å²) in [5, 5.41) is 0. The van der Waals surface area contributed by atoms with Crippen molar-refractivity contribution in [1.82, 2.24) is 0 Å². The minimum atomic E-state index is -0.416. The van der Waals surface area contributed by atoms with Crippen LogP contribution in [0.25, 0.3) is 0 Å². The number of Topliss-reactive ketones (excluding diaryl/α,β-unsaturated/α-hetero) is 1. The molecule has 2 N–H and O–H groups in total. The number of carbonyl (C=O) groups excluding carboxylic acids is 1. The first-order chi connectivity index (χ1) is 8.17. The molecule has 17 heavy (non-hydrogen) atoms. The number of hydrogen-bond acceptors (Lipinski definition) is 3. The highest BCUT2D eigenvalue weighted by Gasteiger charge is 2.13. The summed E-state index contributed by atoms with van der Waals surface area (Å²) in [5.41, 5.74) is 8.09. The molecule has 1 unspecified atom stereocenters. The van der Waals surface area contributed by atoms with Gasteiger partial charge in [-0.1, -0.05) is 31.2 Å². The lowest BCUT2D eigenvalue weighted by molar-refractivity contribution is -0.120. The number of benzene rings is 1. The average molecular weight is 235 g/mol. The Kier molecular flexibility index (Phi) is 5.87. The Balaban J connectivity index is 2.49. The standard InChI is InChI=1S/C14H21NO2/c1-3-11-4-6-12(7-5-11)10-14(16)13(15)8-9-17-2/h4-7,13H,3,8-10,15H2,1-2H3. The van der Waals surface area contributed by atoms with Gasteiger partial charge in [0.15, 0.2) is 5.78 Å². The van der Waals surface area contributed by atoms with Crippen LogP contribution in [-0.4, -0.2) is 25.5 Å². The number of ketones is 1. The lowest BCUT2D eigenvalue weighted by atomic mass is 10.0. The van der Waals surface area contributed by atoms with E-state index in [9.17, 15) is 4.79 Å². The molecule has 1 atom stereocenters. The molecule has 1 rings (SSSR count).